The first-order valence-corrected chi connectivity index (χ1v) is 10.6. The fraction of sp³-hybridized carbons (Fsp3) is 0.391. The number of pyridine rings is 1. The van der Waals surface area contributed by atoms with Gasteiger partial charge in [0.05, 0.1) is 11.3 Å². The van der Waals surface area contributed by atoms with Gasteiger partial charge < -0.3 is 16.0 Å². The Morgan fingerprint density at radius 2 is 1.84 bits per heavy atom. The lowest BCUT2D eigenvalue weighted by atomic mass is 9.85. The van der Waals surface area contributed by atoms with E-state index < -0.39 is 6.04 Å². The second kappa shape index (κ2) is 9.24. The van der Waals surface area contributed by atoms with Crippen LogP contribution in [0.3, 0.4) is 0 Å². The molecule has 0 spiro atoms. The number of benzene rings is 1. The van der Waals surface area contributed by atoms with E-state index in [2.05, 4.69) is 20.9 Å². The molecule has 7 nitrogen and oxygen atoms in total. The Bertz CT molecular complexity index is 971. The minimum Gasteiger partial charge on any atom is -0.354 e. The third-order valence-electron chi connectivity index (χ3n) is 5.94. The average molecular weight is 424 g/mol. The molecule has 162 valence electrons. The van der Waals surface area contributed by atoms with Gasteiger partial charge in [0.1, 0.15) is 11.9 Å². The number of carbonyl (C=O) groups excluding carboxylic acids is 3. The summed E-state index contributed by atoms with van der Waals surface area (Å²) < 4.78 is 13.4. The van der Waals surface area contributed by atoms with Crippen LogP contribution in [-0.4, -0.2) is 41.3 Å². The second-order valence-corrected chi connectivity index (χ2v) is 8.11. The van der Waals surface area contributed by atoms with Crippen molar-refractivity contribution < 1.29 is 18.8 Å². The molecule has 2 heterocycles. The molecule has 1 aromatic carbocycles. The minimum absolute atomic E-state index is 0.00535. The molecule has 1 atom stereocenters. The lowest BCUT2D eigenvalue weighted by Gasteiger charge is -2.29. The van der Waals surface area contributed by atoms with E-state index in [-0.39, 0.29) is 35.5 Å². The van der Waals surface area contributed by atoms with Gasteiger partial charge in [0.25, 0.3) is 5.91 Å². The number of hydrogen-bond donors (Lipinski definition) is 3. The summed E-state index contributed by atoms with van der Waals surface area (Å²) in [6.45, 7) is 0.598. The molecular formula is C23H25FN4O3. The Labute approximate surface area is 179 Å². The van der Waals surface area contributed by atoms with Crippen molar-refractivity contribution in [3.8, 4) is 11.3 Å². The smallest absolute Gasteiger partial charge is 0.253 e. The summed E-state index contributed by atoms with van der Waals surface area (Å²) >= 11 is 0. The van der Waals surface area contributed by atoms with E-state index in [0.29, 0.717) is 55.5 Å². The molecule has 3 amide bonds. The topological polar surface area (TPSA) is 100 Å². The summed E-state index contributed by atoms with van der Waals surface area (Å²) in [6, 6.07) is 9.09. The van der Waals surface area contributed by atoms with Crippen LogP contribution in [0.4, 0.5) is 4.39 Å². The molecule has 3 N–H and O–H groups in total. The molecule has 0 radical (unpaired) electrons. The van der Waals surface area contributed by atoms with Gasteiger partial charge >= 0.3 is 0 Å². The molecule has 2 aliphatic rings. The molecule has 4 rings (SSSR count). The lowest BCUT2D eigenvalue weighted by Crippen LogP contribution is -2.45. The Kier molecular flexibility index (Phi) is 6.25. The SMILES string of the molecule is O=C(NC1CCC(C(=O)N[C@H]2CCNC2=O)CC1)c1ccc(-c2cccc(F)c2)nc1. The summed E-state index contributed by atoms with van der Waals surface area (Å²) in [7, 11) is 0. The first-order chi connectivity index (χ1) is 15.0. The molecule has 8 heteroatoms. The molecule has 31 heavy (non-hydrogen) atoms. The van der Waals surface area contributed by atoms with Crippen molar-refractivity contribution in [1.82, 2.24) is 20.9 Å². The fourth-order valence-electron chi connectivity index (χ4n) is 4.14. The number of hydrogen-bond acceptors (Lipinski definition) is 4. The monoisotopic (exact) mass is 424 g/mol. The van der Waals surface area contributed by atoms with Gasteiger partial charge in [0.2, 0.25) is 11.8 Å². The minimum atomic E-state index is -0.423. The van der Waals surface area contributed by atoms with Crippen LogP contribution in [-0.2, 0) is 9.59 Å². The number of amides is 3. The highest BCUT2D eigenvalue weighted by Gasteiger charge is 2.31. The molecule has 0 unspecified atom stereocenters. The first-order valence-electron chi connectivity index (χ1n) is 10.6. The van der Waals surface area contributed by atoms with Crippen LogP contribution >= 0.6 is 0 Å². The predicted octanol–water partition coefficient (Wildman–Crippen LogP) is 2.18. The van der Waals surface area contributed by atoms with Gasteiger partial charge in [0, 0.05) is 30.3 Å². The van der Waals surface area contributed by atoms with Crippen LogP contribution < -0.4 is 16.0 Å². The molecule has 1 aliphatic carbocycles. The Balaban J connectivity index is 1.27. The van der Waals surface area contributed by atoms with Gasteiger partial charge in [-0.2, -0.15) is 0 Å². The number of aromatic nitrogens is 1. The number of halogens is 1. The van der Waals surface area contributed by atoms with Crippen molar-refractivity contribution in [2.45, 2.75) is 44.2 Å². The van der Waals surface area contributed by atoms with Gasteiger partial charge in [-0.05, 0) is 56.4 Å². The molecule has 0 bridgehead atoms. The third-order valence-corrected chi connectivity index (χ3v) is 5.94. The maximum absolute atomic E-state index is 13.4. The average Bonchev–Trinajstić information content (AvgIpc) is 3.18. The Hall–Kier alpha value is -3.29. The fourth-order valence-corrected chi connectivity index (χ4v) is 4.14. The van der Waals surface area contributed by atoms with Crippen molar-refractivity contribution in [2.24, 2.45) is 5.92 Å². The molecular weight excluding hydrogens is 399 g/mol. The normalized spacial score (nSPS) is 23.1. The van der Waals surface area contributed by atoms with E-state index in [1.807, 2.05) is 0 Å². The largest absolute Gasteiger partial charge is 0.354 e. The third kappa shape index (κ3) is 5.07. The molecule has 2 fully saturated rings. The van der Waals surface area contributed by atoms with E-state index in [9.17, 15) is 18.8 Å². The lowest BCUT2D eigenvalue weighted by molar-refractivity contribution is -0.130. The standard InChI is InChI=1S/C23H25FN4O3/c24-17-3-1-2-15(12-17)19-9-6-16(13-26-19)22(30)27-18-7-4-14(5-8-18)21(29)28-20-10-11-25-23(20)31/h1-3,6,9,12-14,18,20H,4-5,7-8,10-11H2,(H,25,31)(H,27,30)(H,28,29)/t14?,18?,20-/m0/s1. The summed E-state index contributed by atoms with van der Waals surface area (Å²) in [5, 5.41) is 8.55. The maximum atomic E-state index is 13.4. The van der Waals surface area contributed by atoms with Gasteiger partial charge in [0.15, 0.2) is 0 Å². The van der Waals surface area contributed by atoms with Gasteiger partial charge in [-0.3, -0.25) is 19.4 Å². The van der Waals surface area contributed by atoms with Crippen molar-refractivity contribution >= 4 is 17.7 Å². The van der Waals surface area contributed by atoms with Crippen molar-refractivity contribution in [3.63, 3.8) is 0 Å². The summed E-state index contributed by atoms with van der Waals surface area (Å²) in [6.07, 6.45) is 4.86. The van der Waals surface area contributed by atoms with Crippen LogP contribution in [0.15, 0.2) is 42.6 Å². The van der Waals surface area contributed by atoms with E-state index in [1.165, 1.54) is 18.3 Å². The van der Waals surface area contributed by atoms with Crippen LogP contribution in [0, 0.1) is 11.7 Å². The molecule has 1 aliphatic heterocycles. The molecule has 2 aromatic rings. The zero-order valence-corrected chi connectivity index (χ0v) is 17.1. The number of nitrogens with zero attached hydrogens (tertiary/aromatic N) is 1. The van der Waals surface area contributed by atoms with Crippen molar-refractivity contribution in [3.05, 3.63) is 54.0 Å². The highest BCUT2D eigenvalue weighted by molar-refractivity contribution is 5.94. The Morgan fingerprint density at radius 1 is 1.03 bits per heavy atom. The predicted molar refractivity (Wildman–Crippen MR) is 112 cm³/mol. The second-order valence-electron chi connectivity index (χ2n) is 8.11. The zero-order chi connectivity index (χ0) is 21.8. The van der Waals surface area contributed by atoms with Gasteiger partial charge in [-0.15, -0.1) is 0 Å². The number of rotatable bonds is 5. The first kappa shape index (κ1) is 21.0. The summed E-state index contributed by atoms with van der Waals surface area (Å²) in [5.74, 6) is -0.880. The van der Waals surface area contributed by atoms with Gasteiger partial charge in [-0.1, -0.05) is 12.1 Å². The van der Waals surface area contributed by atoms with Crippen molar-refractivity contribution in [2.75, 3.05) is 6.54 Å². The quantitative estimate of drug-likeness (QED) is 0.685. The van der Waals surface area contributed by atoms with Crippen LogP contribution in [0.2, 0.25) is 0 Å². The Morgan fingerprint density at radius 3 is 2.48 bits per heavy atom. The van der Waals surface area contributed by atoms with E-state index in [0.717, 1.165) is 0 Å². The van der Waals surface area contributed by atoms with Crippen LogP contribution in [0.1, 0.15) is 42.5 Å². The zero-order valence-electron chi connectivity index (χ0n) is 17.1. The molecule has 1 saturated heterocycles. The van der Waals surface area contributed by atoms with E-state index >= 15 is 0 Å². The van der Waals surface area contributed by atoms with Crippen LogP contribution in [0.25, 0.3) is 11.3 Å². The summed E-state index contributed by atoms with van der Waals surface area (Å²) in [4.78, 5) is 40.9. The maximum Gasteiger partial charge on any atom is 0.253 e. The number of carbonyl (C=O) groups is 3. The molecule has 1 saturated carbocycles. The highest BCUT2D eigenvalue weighted by atomic mass is 19.1. The summed E-state index contributed by atoms with van der Waals surface area (Å²) in [5.41, 5.74) is 1.68. The van der Waals surface area contributed by atoms with E-state index in [1.54, 1.807) is 24.3 Å². The van der Waals surface area contributed by atoms with Crippen LogP contribution in [0.5, 0.6) is 0 Å². The molecule has 1 aromatic heterocycles. The highest BCUT2D eigenvalue weighted by Crippen LogP contribution is 2.25. The van der Waals surface area contributed by atoms with Crippen molar-refractivity contribution in [1.29, 1.82) is 0 Å². The van der Waals surface area contributed by atoms with E-state index in [4.69, 9.17) is 0 Å². The number of nitrogens with one attached hydrogen (secondary N) is 3. The van der Waals surface area contributed by atoms with Gasteiger partial charge in [-0.25, -0.2) is 4.39 Å².